The maximum Gasteiger partial charge on any atom is 0.219 e. The van der Waals surface area contributed by atoms with Crippen molar-refractivity contribution >= 4 is 5.82 Å². The molecule has 0 aliphatic rings. The second-order valence-electron chi connectivity index (χ2n) is 7.11. The topological polar surface area (TPSA) is 115 Å². The number of anilines is 1. The van der Waals surface area contributed by atoms with Crippen LogP contribution >= 0.6 is 0 Å². The van der Waals surface area contributed by atoms with Gasteiger partial charge in [-0.2, -0.15) is 10.4 Å². The predicted molar refractivity (Wildman–Crippen MR) is 118 cm³/mol. The highest BCUT2D eigenvalue weighted by atomic mass is 16.5. The number of methoxy groups -OCH3 is 1. The molecule has 3 rings (SSSR count). The number of rotatable bonds is 10. The Labute approximate surface area is 182 Å². The molecule has 9 heteroatoms. The van der Waals surface area contributed by atoms with Gasteiger partial charge in [0, 0.05) is 52.8 Å². The normalized spacial score (nSPS) is 10.7. The van der Waals surface area contributed by atoms with E-state index in [9.17, 15) is 5.26 Å². The average Bonchev–Trinajstić information content (AvgIpc) is 3.15. The lowest BCUT2D eigenvalue weighted by molar-refractivity contribution is 0.196. The zero-order chi connectivity index (χ0) is 22.2. The fourth-order valence-electron chi connectivity index (χ4n) is 3.04. The lowest BCUT2D eigenvalue weighted by Crippen LogP contribution is -2.20. The molecular weight excluding hydrogens is 394 g/mol. The van der Waals surface area contributed by atoms with Crippen LogP contribution < -0.4 is 15.4 Å². The molecule has 0 spiro atoms. The van der Waals surface area contributed by atoms with Crippen molar-refractivity contribution in [1.29, 1.82) is 5.26 Å². The minimum Gasteiger partial charge on any atom is -0.438 e. The van der Waals surface area contributed by atoms with Crippen molar-refractivity contribution in [3.8, 4) is 29.1 Å². The molecule has 0 unspecified atom stereocenters. The number of hydrogen-bond acceptors (Lipinski definition) is 8. The zero-order valence-electron chi connectivity index (χ0n) is 18.1. The van der Waals surface area contributed by atoms with E-state index in [2.05, 4.69) is 21.1 Å². The molecule has 2 heterocycles. The molecule has 162 valence electrons. The third kappa shape index (κ3) is 5.57. The first-order valence-electron chi connectivity index (χ1n) is 10.0. The molecule has 1 aromatic carbocycles. The Morgan fingerprint density at radius 3 is 2.68 bits per heavy atom. The third-order valence-corrected chi connectivity index (χ3v) is 4.76. The van der Waals surface area contributed by atoms with Gasteiger partial charge in [-0.25, -0.2) is 14.6 Å². The molecule has 9 nitrogen and oxygen atoms in total. The summed E-state index contributed by atoms with van der Waals surface area (Å²) in [5, 5.41) is 13.9. The molecular formula is C22H27N7O2. The van der Waals surface area contributed by atoms with E-state index in [1.54, 1.807) is 42.4 Å². The summed E-state index contributed by atoms with van der Waals surface area (Å²) in [5.41, 5.74) is 7.74. The van der Waals surface area contributed by atoms with Crippen molar-refractivity contribution in [2.24, 2.45) is 12.8 Å². The number of aryl methyl sites for hydroxylation is 1. The van der Waals surface area contributed by atoms with Gasteiger partial charge in [0.05, 0.1) is 17.2 Å². The summed E-state index contributed by atoms with van der Waals surface area (Å²) >= 11 is 0. The smallest absolute Gasteiger partial charge is 0.219 e. The molecule has 0 atom stereocenters. The van der Waals surface area contributed by atoms with Gasteiger partial charge in [-0.05, 0) is 43.1 Å². The first-order valence-corrected chi connectivity index (χ1v) is 10.0. The maximum absolute atomic E-state index is 9.34. The molecule has 0 radical (unpaired) electrons. The van der Waals surface area contributed by atoms with Crippen LogP contribution in [0.2, 0.25) is 0 Å². The Balaban J connectivity index is 1.88. The fraction of sp³-hybridized carbons (Fsp3) is 0.364. The van der Waals surface area contributed by atoms with E-state index in [-0.39, 0.29) is 0 Å². The molecule has 0 amide bonds. The summed E-state index contributed by atoms with van der Waals surface area (Å²) in [6, 6.07) is 9.20. The lowest BCUT2D eigenvalue weighted by atomic mass is 10.1. The van der Waals surface area contributed by atoms with E-state index < -0.39 is 0 Å². The fourth-order valence-corrected chi connectivity index (χ4v) is 3.04. The molecule has 2 N–H and O–H groups in total. The van der Waals surface area contributed by atoms with Crippen LogP contribution in [-0.2, 0) is 18.2 Å². The first kappa shape index (κ1) is 22.2. The highest BCUT2D eigenvalue weighted by Crippen LogP contribution is 2.33. The van der Waals surface area contributed by atoms with Gasteiger partial charge in [0.1, 0.15) is 5.75 Å². The van der Waals surface area contributed by atoms with Crippen molar-refractivity contribution in [3.05, 3.63) is 47.8 Å². The lowest BCUT2D eigenvalue weighted by Gasteiger charge is -2.15. The molecule has 0 fully saturated rings. The minimum absolute atomic E-state index is 0.484. The van der Waals surface area contributed by atoms with Crippen LogP contribution in [-0.4, -0.2) is 53.6 Å². The molecule has 0 aliphatic carbocycles. The van der Waals surface area contributed by atoms with Gasteiger partial charge in [0.15, 0.2) is 11.6 Å². The van der Waals surface area contributed by atoms with Gasteiger partial charge in [0.25, 0.3) is 0 Å². The summed E-state index contributed by atoms with van der Waals surface area (Å²) in [7, 11) is 5.48. The number of nitriles is 1. The molecule has 31 heavy (non-hydrogen) atoms. The Bertz CT molecular complexity index is 1040. The van der Waals surface area contributed by atoms with Crippen molar-refractivity contribution in [1.82, 2.24) is 19.7 Å². The average molecular weight is 422 g/mol. The van der Waals surface area contributed by atoms with E-state index in [0.29, 0.717) is 48.2 Å². The van der Waals surface area contributed by atoms with Gasteiger partial charge >= 0.3 is 0 Å². The van der Waals surface area contributed by atoms with Gasteiger partial charge in [-0.15, -0.1) is 0 Å². The number of aromatic nitrogens is 4. The van der Waals surface area contributed by atoms with Crippen molar-refractivity contribution in [2.45, 2.75) is 12.8 Å². The Morgan fingerprint density at radius 1 is 1.23 bits per heavy atom. The third-order valence-electron chi connectivity index (χ3n) is 4.76. The highest BCUT2D eigenvalue weighted by Gasteiger charge is 2.16. The van der Waals surface area contributed by atoms with Gasteiger partial charge in [-0.3, -0.25) is 0 Å². The van der Waals surface area contributed by atoms with Gasteiger partial charge in [0.2, 0.25) is 5.88 Å². The predicted octanol–water partition coefficient (Wildman–Crippen LogP) is 2.51. The molecule has 2 aromatic heterocycles. The van der Waals surface area contributed by atoms with Crippen LogP contribution in [0.4, 0.5) is 5.82 Å². The standard InChI is InChI=1S/C22H27N7O2/c1-28(9-4-10-30-3)20-12-21(29(2)27-20)31-19-11-16(13-24)5-6-18(19)22-25-14-17(7-8-23)15-26-22/h5-6,11-12,14-15H,4,7-10,23H2,1-3H3. The molecule has 0 bridgehead atoms. The first-order chi connectivity index (χ1) is 15.0. The van der Waals surface area contributed by atoms with E-state index in [4.69, 9.17) is 15.2 Å². The molecule has 0 aliphatic heterocycles. The second kappa shape index (κ2) is 10.5. The number of ether oxygens (including phenoxy) is 2. The molecule has 0 saturated carbocycles. The van der Waals surface area contributed by atoms with Gasteiger partial charge < -0.3 is 20.1 Å². The number of hydrogen-bond donors (Lipinski definition) is 1. The minimum atomic E-state index is 0.484. The van der Waals surface area contributed by atoms with Crippen molar-refractivity contribution in [2.75, 3.05) is 38.8 Å². The SMILES string of the molecule is COCCCN(C)c1cc(Oc2cc(C#N)ccc2-c2ncc(CCN)cn2)n(C)n1. The van der Waals surface area contributed by atoms with Crippen LogP contribution in [0.3, 0.4) is 0 Å². The van der Waals surface area contributed by atoms with Crippen molar-refractivity contribution in [3.63, 3.8) is 0 Å². The van der Waals surface area contributed by atoms with Crippen LogP contribution in [0.1, 0.15) is 17.5 Å². The summed E-state index contributed by atoms with van der Waals surface area (Å²) in [5.74, 6) is 2.33. The number of benzene rings is 1. The van der Waals surface area contributed by atoms with Gasteiger partial charge in [-0.1, -0.05) is 0 Å². The largest absolute Gasteiger partial charge is 0.438 e. The highest BCUT2D eigenvalue weighted by molar-refractivity contribution is 5.66. The maximum atomic E-state index is 9.34. The molecule has 3 aromatic rings. The quantitative estimate of drug-likeness (QED) is 0.497. The van der Waals surface area contributed by atoms with Crippen molar-refractivity contribution < 1.29 is 9.47 Å². The Hall–Kier alpha value is -3.48. The van der Waals surface area contributed by atoms with E-state index in [1.165, 1.54) is 0 Å². The Morgan fingerprint density at radius 2 is 2.00 bits per heavy atom. The summed E-state index contributed by atoms with van der Waals surface area (Å²) in [6.07, 6.45) is 5.13. The number of nitrogens with two attached hydrogens (primary N) is 1. The zero-order valence-corrected chi connectivity index (χ0v) is 18.1. The van der Waals surface area contributed by atoms with E-state index >= 15 is 0 Å². The van der Waals surface area contributed by atoms with Crippen LogP contribution in [0.5, 0.6) is 11.6 Å². The van der Waals surface area contributed by atoms with E-state index in [0.717, 1.165) is 24.3 Å². The second-order valence-corrected chi connectivity index (χ2v) is 7.11. The Kier molecular flexibility index (Phi) is 7.54. The summed E-state index contributed by atoms with van der Waals surface area (Å²) in [6.45, 7) is 2.04. The van der Waals surface area contributed by atoms with Crippen LogP contribution in [0.25, 0.3) is 11.4 Å². The monoisotopic (exact) mass is 421 g/mol. The van der Waals surface area contributed by atoms with Crippen LogP contribution in [0.15, 0.2) is 36.7 Å². The van der Waals surface area contributed by atoms with E-state index in [1.807, 2.05) is 25.1 Å². The number of nitrogens with zero attached hydrogens (tertiary/aromatic N) is 6. The summed E-state index contributed by atoms with van der Waals surface area (Å²) in [4.78, 5) is 10.9. The van der Waals surface area contributed by atoms with Crippen LogP contribution in [0, 0.1) is 11.3 Å². The molecule has 0 saturated heterocycles. The summed E-state index contributed by atoms with van der Waals surface area (Å²) < 4.78 is 12.9.